The van der Waals surface area contributed by atoms with Crippen molar-refractivity contribution in [3.8, 4) is 5.75 Å². The molecule has 3 heterocycles. The van der Waals surface area contributed by atoms with E-state index in [1.54, 1.807) is 0 Å². The van der Waals surface area contributed by atoms with Gasteiger partial charge in [-0.1, -0.05) is 13.3 Å². The molecule has 7 heteroatoms. The van der Waals surface area contributed by atoms with E-state index >= 15 is 0 Å². The lowest BCUT2D eigenvalue weighted by Gasteiger charge is -2.26. The predicted octanol–water partition coefficient (Wildman–Crippen LogP) is 2.65. The Hall–Kier alpha value is -2.67. The number of morpholine rings is 1. The molecule has 0 N–H and O–H groups in total. The molecule has 0 spiro atoms. The molecule has 1 saturated heterocycles. The van der Waals surface area contributed by atoms with Gasteiger partial charge in [-0.3, -0.25) is 4.79 Å². The summed E-state index contributed by atoms with van der Waals surface area (Å²) in [5.74, 6) is 1.53. The number of nitrogens with zero attached hydrogens (tertiary/aromatic N) is 4. The van der Waals surface area contributed by atoms with Gasteiger partial charge in [-0.05, 0) is 30.7 Å². The quantitative estimate of drug-likeness (QED) is 0.716. The van der Waals surface area contributed by atoms with Crippen molar-refractivity contribution in [2.24, 2.45) is 0 Å². The lowest BCUT2D eigenvalue weighted by atomic mass is 10.2. The van der Waals surface area contributed by atoms with Crippen molar-refractivity contribution in [1.29, 1.82) is 0 Å². The standard InChI is InChI=1S/C21H26N4O3/c1-2-3-10-28-18-6-4-16(5-7-18)20(26)25-14-17-13-22-21(23-19(17)15-25)24-8-11-27-12-9-24/h4-7,13H,2-3,8-12,14-15H2,1H3. The molecular formula is C21H26N4O3. The van der Waals surface area contributed by atoms with Gasteiger partial charge < -0.3 is 19.3 Å². The molecule has 0 unspecified atom stereocenters. The van der Waals surface area contributed by atoms with Gasteiger partial charge in [0.15, 0.2) is 0 Å². The summed E-state index contributed by atoms with van der Waals surface area (Å²) in [5, 5.41) is 0. The highest BCUT2D eigenvalue weighted by Gasteiger charge is 2.27. The zero-order chi connectivity index (χ0) is 19.3. The number of ether oxygens (including phenoxy) is 2. The van der Waals surface area contributed by atoms with Gasteiger partial charge >= 0.3 is 0 Å². The molecule has 148 valence electrons. The minimum atomic E-state index is 0.00558. The lowest BCUT2D eigenvalue weighted by molar-refractivity contribution is 0.0750. The van der Waals surface area contributed by atoms with Crippen LogP contribution in [0.15, 0.2) is 30.5 Å². The van der Waals surface area contributed by atoms with Gasteiger partial charge in [0.1, 0.15) is 5.75 Å². The summed E-state index contributed by atoms with van der Waals surface area (Å²) in [4.78, 5) is 26.0. The van der Waals surface area contributed by atoms with Crippen LogP contribution in [-0.4, -0.2) is 53.7 Å². The number of fused-ring (bicyclic) bond motifs is 1. The van der Waals surface area contributed by atoms with Crippen LogP contribution in [0.3, 0.4) is 0 Å². The Morgan fingerprint density at radius 2 is 1.96 bits per heavy atom. The molecule has 2 aliphatic heterocycles. The van der Waals surface area contributed by atoms with Gasteiger partial charge in [-0.2, -0.15) is 0 Å². The van der Waals surface area contributed by atoms with Crippen LogP contribution in [0.4, 0.5) is 5.95 Å². The minimum absolute atomic E-state index is 0.00558. The number of benzene rings is 1. The number of anilines is 1. The van der Waals surface area contributed by atoms with Gasteiger partial charge in [0, 0.05) is 37.0 Å². The van der Waals surface area contributed by atoms with Crippen molar-refractivity contribution in [2.45, 2.75) is 32.9 Å². The Kier molecular flexibility index (Phi) is 5.71. The maximum absolute atomic E-state index is 12.9. The summed E-state index contributed by atoms with van der Waals surface area (Å²) in [5.41, 5.74) is 2.62. The second-order valence-electron chi connectivity index (χ2n) is 7.13. The van der Waals surface area contributed by atoms with Gasteiger partial charge in [0.05, 0.1) is 32.1 Å². The van der Waals surface area contributed by atoms with Crippen molar-refractivity contribution >= 4 is 11.9 Å². The first kappa shape index (κ1) is 18.7. The molecule has 0 atom stereocenters. The molecule has 7 nitrogen and oxygen atoms in total. The van der Waals surface area contributed by atoms with E-state index in [-0.39, 0.29) is 5.91 Å². The highest BCUT2D eigenvalue weighted by Crippen LogP contribution is 2.25. The van der Waals surface area contributed by atoms with Crippen LogP contribution in [0.5, 0.6) is 5.75 Å². The Balaban J connectivity index is 1.40. The Bertz CT molecular complexity index is 819. The predicted molar refractivity (Wildman–Crippen MR) is 105 cm³/mol. The van der Waals surface area contributed by atoms with Crippen molar-refractivity contribution < 1.29 is 14.3 Å². The SMILES string of the molecule is CCCCOc1ccc(C(=O)N2Cc3cnc(N4CCOCC4)nc3C2)cc1. The fourth-order valence-corrected chi connectivity index (χ4v) is 3.41. The van der Waals surface area contributed by atoms with Crippen molar-refractivity contribution in [2.75, 3.05) is 37.8 Å². The summed E-state index contributed by atoms with van der Waals surface area (Å²) >= 11 is 0. The number of hydrogen-bond donors (Lipinski definition) is 0. The second kappa shape index (κ2) is 8.56. The minimum Gasteiger partial charge on any atom is -0.494 e. The largest absolute Gasteiger partial charge is 0.494 e. The Labute approximate surface area is 165 Å². The van der Waals surface area contributed by atoms with Crippen LogP contribution in [0, 0.1) is 0 Å². The third kappa shape index (κ3) is 4.09. The number of carbonyl (C=O) groups is 1. The van der Waals surface area contributed by atoms with Crippen LogP contribution in [0.1, 0.15) is 41.4 Å². The zero-order valence-electron chi connectivity index (χ0n) is 16.3. The third-order valence-corrected chi connectivity index (χ3v) is 5.09. The van der Waals surface area contributed by atoms with E-state index in [0.717, 1.165) is 48.9 Å². The zero-order valence-corrected chi connectivity index (χ0v) is 16.3. The van der Waals surface area contributed by atoms with E-state index in [9.17, 15) is 4.79 Å². The molecule has 2 aromatic rings. The molecule has 0 bridgehead atoms. The molecule has 0 aliphatic carbocycles. The summed E-state index contributed by atoms with van der Waals surface area (Å²) in [7, 11) is 0. The molecular weight excluding hydrogens is 356 g/mol. The lowest BCUT2D eigenvalue weighted by Crippen LogP contribution is -2.37. The van der Waals surface area contributed by atoms with Crippen molar-refractivity contribution in [3.05, 3.63) is 47.3 Å². The number of unbranched alkanes of at least 4 members (excludes halogenated alkanes) is 1. The van der Waals surface area contributed by atoms with Gasteiger partial charge in [0.2, 0.25) is 5.95 Å². The normalized spacial score (nSPS) is 16.2. The van der Waals surface area contributed by atoms with E-state index in [2.05, 4.69) is 16.8 Å². The highest BCUT2D eigenvalue weighted by atomic mass is 16.5. The van der Waals surface area contributed by atoms with Gasteiger partial charge in [-0.15, -0.1) is 0 Å². The number of hydrogen-bond acceptors (Lipinski definition) is 6. The van der Waals surface area contributed by atoms with Crippen LogP contribution in [0.2, 0.25) is 0 Å². The third-order valence-electron chi connectivity index (χ3n) is 5.09. The van der Waals surface area contributed by atoms with E-state index in [1.807, 2.05) is 35.4 Å². The van der Waals surface area contributed by atoms with Crippen LogP contribution >= 0.6 is 0 Å². The molecule has 28 heavy (non-hydrogen) atoms. The monoisotopic (exact) mass is 382 g/mol. The van der Waals surface area contributed by atoms with Crippen LogP contribution < -0.4 is 9.64 Å². The second-order valence-corrected chi connectivity index (χ2v) is 7.13. The van der Waals surface area contributed by atoms with E-state index in [0.29, 0.717) is 38.5 Å². The summed E-state index contributed by atoms with van der Waals surface area (Å²) in [6.45, 7) is 6.90. The molecule has 1 aromatic heterocycles. The molecule has 1 fully saturated rings. The number of rotatable bonds is 6. The fraction of sp³-hybridized carbons (Fsp3) is 0.476. The Morgan fingerprint density at radius 1 is 1.18 bits per heavy atom. The van der Waals surface area contributed by atoms with Crippen molar-refractivity contribution in [1.82, 2.24) is 14.9 Å². The van der Waals surface area contributed by atoms with E-state index < -0.39 is 0 Å². The summed E-state index contributed by atoms with van der Waals surface area (Å²) in [6.07, 6.45) is 3.98. The maximum Gasteiger partial charge on any atom is 0.254 e. The molecule has 1 amide bonds. The van der Waals surface area contributed by atoms with Crippen LogP contribution in [0.25, 0.3) is 0 Å². The molecule has 2 aliphatic rings. The molecule has 1 aromatic carbocycles. The highest BCUT2D eigenvalue weighted by molar-refractivity contribution is 5.94. The first-order valence-corrected chi connectivity index (χ1v) is 9.94. The summed E-state index contributed by atoms with van der Waals surface area (Å²) in [6, 6.07) is 7.39. The average Bonchev–Trinajstić information content (AvgIpc) is 3.18. The number of aromatic nitrogens is 2. The van der Waals surface area contributed by atoms with Gasteiger partial charge in [0.25, 0.3) is 5.91 Å². The van der Waals surface area contributed by atoms with Crippen molar-refractivity contribution in [3.63, 3.8) is 0 Å². The van der Waals surface area contributed by atoms with E-state index in [4.69, 9.17) is 14.5 Å². The fourth-order valence-electron chi connectivity index (χ4n) is 3.41. The Morgan fingerprint density at radius 3 is 2.71 bits per heavy atom. The molecule has 4 rings (SSSR count). The van der Waals surface area contributed by atoms with Gasteiger partial charge in [-0.25, -0.2) is 9.97 Å². The first-order chi connectivity index (χ1) is 13.7. The smallest absolute Gasteiger partial charge is 0.254 e. The summed E-state index contributed by atoms with van der Waals surface area (Å²) < 4.78 is 11.1. The molecule has 0 saturated carbocycles. The number of amides is 1. The maximum atomic E-state index is 12.9. The van der Waals surface area contributed by atoms with E-state index in [1.165, 1.54) is 0 Å². The molecule has 0 radical (unpaired) electrons. The number of carbonyl (C=O) groups excluding carboxylic acids is 1. The van der Waals surface area contributed by atoms with Crippen LogP contribution in [-0.2, 0) is 17.8 Å². The first-order valence-electron chi connectivity index (χ1n) is 9.94. The topological polar surface area (TPSA) is 67.8 Å². The average molecular weight is 382 g/mol.